The molecule has 4 heteroatoms. The van der Waals surface area contributed by atoms with Crippen molar-refractivity contribution in [1.29, 1.82) is 5.41 Å². The summed E-state index contributed by atoms with van der Waals surface area (Å²) >= 11 is 5.88. The topological polar surface area (TPSA) is 53.1 Å². The van der Waals surface area contributed by atoms with Crippen molar-refractivity contribution < 1.29 is 0 Å². The Bertz CT molecular complexity index is 349. The third-order valence-corrected chi connectivity index (χ3v) is 2.37. The zero-order chi connectivity index (χ0) is 10.7. The molecule has 1 aromatic rings. The van der Waals surface area contributed by atoms with Gasteiger partial charge < -0.3 is 10.6 Å². The number of rotatable bonds is 3. The molecule has 3 N–H and O–H groups in total. The number of hydrogen-bond donors (Lipinski definition) is 2. The molecule has 1 aromatic carbocycles. The van der Waals surface area contributed by atoms with Crippen molar-refractivity contribution in [3.8, 4) is 0 Å². The molecule has 0 atom stereocenters. The highest BCUT2D eigenvalue weighted by Gasteiger charge is 2.08. The second-order valence-corrected chi connectivity index (χ2v) is 3.53. The molecule has 0 bridgehead atoms. The van der Waals surface area contributed by atoms with E-state index in [1.54, 1.807) is 12.1 Å². The highest BCUT2D eigenvalue weighted by molar-refractivity contribution is 6.31. The lowest BCUT2D eigenvalue weighted by Gasteiger charge is -2.20. The Hall–Kier alpha value is -1.22. The summed E-state index contributed by atoms with van der Waals surface area (Å²) in [6.07, 6.45) is 0. The van der Waals surface area contributed by atoms with Gasteiger partial charge in [-0.3, -0.25) is 5.41 Å². The molecule has 0 aliphatic rings. The van der Waals surface area contributed by atoms with Gasteiger partial charge in [-0.15, -0.1) is 0 Å². The Morgan fingerprint density at radius 1 is 1.57 bits per heavy atom. The Balaban J connectivity index is 3.22. The first kappa shape index (κ1) is 10.9. The van der Waals surface area contributed by atoms with Gasteiger partial charge in [0.2, 0.25) is 0 Å². The average Bonchev–Trinajstić information content (AvgIpc) is 2.16. The summed E-state index contributed by atoms with van der Waals surface area (Å²) < 4.78 is 0. The molecule has 0 radical (unpaired) electrons. The summed E-state index contributed by atoms with van der Waals surface area (Å²) in [5.74, 6) is 0.0666. The largest absolute Gasteiger partial charge is 0.384 e. The number of halogens is 1. The number of anilines is 1. The fourth-order valence-corrected chi connectivity index (χ4v) is 1.39. The van der Waals surface area contributed by atoms with Crippen LogP contribution >= 0.6 is 11.6 Å². The molecule has 1 rings (SSSR count). The van der Waals surface area contributed by atoms with E-state index in [1.807, 2.05) is 24.9 Å². The van der Waals surface area contributed by atoms with Crippen LogP contribution < -0.4 is 10.6 Å². The quantitative estimate of drug-likeness (QED) is 0.594. The Kier molecular flexibility index (Phi) is 3.36. The number of nitrogens with two attached hydrogens (primary N) is 1. The maximum atomic E-state index is 7.42. The molecule has 0 fully saturated rings. The number of hydrogen-bond acceptors (Lipinski definition) is 2. The van der Waals surface area contributed by atoms with Crippen molar-refractivity contribution in [2.24, 2.45) is 5.73 Å². The van der Waals surface area contributed by atoms with Crippen LogP contribution in [0.15, 0.2) is 18.2 Å². The van der Waals surface area contributed by atoms with E-state index in [0.29, 0.717) is 5.02 Å². The molecule has 0 spiro atoms. The summed E-state index contributed by atoms with van der Waals surface area (Å²) in [7, 11) is 1.94. The van der Waals surface area contributed by atoms with E-state index in [-0.39, 0.29) is 5.84 Å². The number of nitrogens with one attached hydrogen (secondary N) is 1. The van der Waals surface area contributed by atoms with E-state index in [2.05, 4.69) is 0 Å². The monoisotopic (exact) mass is 211 g/mol. The zero-order valence-corrected chi connectivity index (χ0v) is 9.10. The molecule has 0 aliphatic carbocycles. The maximum Gasteiger partial charge on any atom is 0.124 e. The zero-order valence-electron chi connectivity index (χ0n) is 8.34. The van der Waals surface area contributed by atoms with Crippen LogP contribution in [0.5, 0.6) is 0 Å². The summed E-state index contributed by atoms with van der Waals surface area (Å²) in [5, 5.41) is 8.08. The SMILES string of the molecule is CCN(C)c1cc(Cl)ccc1C(=N)N. The normalized spacial score (nSPS) is 9.93. The van der Waals surface area contributed by atoms with Gasteiger partial charge in [-0.1, -0.05) is 11.6 Å². The smallest absolute Gasteiger partial charge is 0.124 e. The predicted octanol–water partition coefficient (Wildman–Crippen LogP) is 2.08. The number of nitrogen functional groups attached to an aromatic ring is 1. The molecule has 14 heavy (non-hydrogen) atoms. The molecule has 0 amide bonds. The molecule has 3 nitrogen and oxygen atoms in total. The predicted molar refractivity (Wildman–Crippen MR) is 61.4 cm³/mol. The van der Waals surface area contributed by atoms with Crippen LogP contribution in [0.2, 0.25) is 5.02 Å². The third-order valence-electron chi connectivity index (χ3n) is 2.14. The van der Waals surface area contributed by atoms with Gasteiger partial charge in [0.15, 0.2) is 0 Å². The van der Waals surface area contributed by atoms with Crippen LogP contribution in [0.4, 0.5) is 5.69 Å². The molecule has 0 unspecified atom stereocenters. The van der Waals surface area contributed by atoms with E-state index < -0.39 is 0 Å². The van der Waals surface area contributed by atoms with Crippen LogP contribution in [0, 0.1) is 5.41 Å². The van der Waals surface area contributed by atoms with Crippen LogP contribution in [0.25, 0.3) is 0 Å². The van der Waals surface area contributed by atoms with Crippen LogP contribution in [-0.4, -0.2) is 19.4 Å². The third kappa shape index (κ3) is 2.17. The molecule has 0 saturated heterocycles. The van der Waals surface area contributed by atoms with E-state index in [0.717, 1.165) is 17.8 Å². The van der Waals surface area contributed by atoms with Crippen molar-refractivity contribution >= 4 is 23.1 Å². The molecule has 0 heterocycles. The van der Waals surface area contributed by atoms with Crippen LogP contribution in [-0.2, 0) is 0 Å². The first-order valence-electron chi connectivity index (χ1n) is 4.41. The van der Waals surface area contributed by atoms with Crippen molar-refractivity contribution in [2.45, 2.75) is 6.92 Å². The van der Waals surface area contributed by atoms with Crippen LogP contribution in [0.3, 0.4) is 0 Å². The molecule has 0 aliphatic heterocycles. The lowest BCUT2D eigenvalue weighted by Crippen LogP contribution is -2.21. The summed E-state index contributed by atoms with van der Waals surface area (Å²) in [5.41, 5.74) is 7.09. The standard InChI is InChI=1S/C10H14ClN3/c1-3-14(2)9-6-7(11)4-5-8(9)10(12)13/h4-6H,3H2,1-2H3,(H3,12,13). The Morgan fingerprint density at radius 2 is 2.21 bits per heavy atom. The molecular weight excluding hydrogens is 198 g/mol. The van der Waals surface area contributed by atoms with E-state index in [9.17, 15) is 0 Å². The fourth-order valence-electron chi connectivity index (χ4n) is 1.22. The van der Waals surface area contributed by atoms with E-state index in [1.165, 1.54) is 0 Å². The van der Waals surface area contributed by atoms with Gasteiger partial charge in [0.1, 0.15) is 5.84 Å². The number of benzene rings is 1. The molecule has 0 saturated carbocycles. The Labute approximate surface area is 89.0 Å². The van der Waals surface area contributed by atoms with Gasteiger partial charge in [0.25, 0.3) is 0 Å². The van der Waals surface area contributed by atoms with Crippen molar-refractivity contribution in [3.63, 3.8) is 0 Å². The highest BCUT2D eigenvalue weighted by atomic mass is 35.5. The van der Waals surface area contributed by atoms with Gasteiger partial charge >= 0.3 is 0 Å². The second kappa shape index (κ2) is 4.33. The lowest BCUT2D eigenvalue weighted by molar-refractivity contribution is 0.966. The summed E-state index contributed by atoms with van der Waals surface area (Å²) in [4.78, 5) is 2.00. The molecule has 76 valence electrons. The van der Waals surface area contributed by atoms with Crippen molar-refractivity contribution in [2.75, 3.05) is 18.5 Å². The van der Waals surface area contributed by atoms with E-state index >= 15 is 0 Å². The van der Waals surface area contributed by atoms with Gasteiger partial charge in [0, 0.05) is 29.9 Å². The van der Waals surface area contributed by atoms with Gasteiger partial charge in [-0.25, -0.2) is 0 Å². The summed E-state index contributed by atoms with van der Waals surface area (Å²) in [6.45, 7) is 2.88. The van der Waals surface area contributed by atoms with Crippen molar-refractivity contribution in [3.05, 3.63) is 28.8 Å². The minimum atomic E-state index is 0.0666. The molecular formula is C10H14ClN3. The van der Waals surface area contributed by atoms with Gasteiger partial charge in [0.05, 0.1) is 0 Å². The summed E-state index contributed by atoms with van der Waals surface area (Å²) in [6, 6.07) is 5.33. The van der Waals surface area contributed by atoms with Crippen molar-refractivity contribution in [1.82, 2.24) is 0 Å². The average molecular weight is 212 g/mol. The minimum Gasteiger partial charge on any atom is -0.384 e. The lowest BCUT2D eigenvalue weighted by atomic mass is 10.1. The van der Waals surface area contributed by atoms with Crippen LogP contribution in [0.1, 0.15) is 12.5 Å². The number of nitrogens with zero attached hydrogens (tertiary/aromatic N) is 1. The first-order chi connectivity index (χ1) is 6.56. The fraction of sp³-hybridized carbons (Fsp3) is 0.300. The first-order valence-corrected chi connectivity index (χ1v) is 4.79. The van der Waals surface area contributed by atoms with Gasteiger partial charge in [-0.2, -0.15) is 0 Å². The highest BCUT2D eigenvalue weighted by Crippen LogP contribution is 2.23. The van der Waals surface area contributed by atoms with E-state index in [4.69, 9.17) is 22.7 Å². The maximum absolute atomic E-state index is 7.42. The minimum absolute atomic E-state index is 0.0666. The second-order valence-electron chi connectivity index (χ2n) is 3.09. The number of amidine groups is 1. The Morgan fingerprint density at radius 3 is 2.71 bits per heavy atom. The molecule has 0 aromatic heterocycles. The van der Waals surface area contributed by atoms with Gasteiger partial charge in [-0.05, 0) is 25.1 Å².